The normalized spacial score (nSPS) is 12.1. The molecule has 0 heterocycles. The van der Waals surface area contributed by atoms with E-state index in [1.807, 2.05) is 6.07 Å². The number of nitrogens with one attached hydrogen (secondary N) is 1. The molecule has 0 spiro atoms. The minimum Gasteiger partial charge on any atom is -0.496 e. The summed E-state index contributed by atoms with van der Waals surface area (Å²) in [6.07, 6.45) is 2.19. The molecule has 0 amide bonds. The number of allylic oxidation sites excluding steroid dienone is 1. The molecule has 0 saturated carbocycles. The Labute approximate surface area is 105 Å². The van der Waals surface area contributed by atoms with Crippen LogP contribution in [0.5, 0.6) is 5.75 Å². The van der Waals surface area contributed by atoms with Gasteiger partial charge in [-0.3, -0.25) is 0 Å². The second-order valence-electron chi connectivity index (χ2n) is 4.66. The Morgan fingerprint density at radius 1 is 1.41 bits per heavy atom. The van der Waals surface area contributed by atoms with E-state index in [4.69, 9.17) is 4.74 Å². The van der Waals surface area contributed by atoms with Crippen molar-refractivity contribution in [1.29, 1.82) is 0 Å². The molecular formula is C15H23NO. The fraction of sp³-hybridized carbons (Fsp3) is 0.467. The first-order valence-electron chi connectivity index (χ1n) is 6.06. The Kier molecular flexibility index (Phi) is 5.23. The molecule has 1 aromatic rings. The van der Waals surface area contributed by atoms with Gasteiger partial charge in [0.1, 0.15) is 5.75 Å². The molecule has 0 aliphatic heterocycles. The summed E-state index contributed by atoms with van der Waals surface area (Å²) < 4.78 is 5.39. The highest BCUT2D eigenvalue weighted by Gasteiger charge is 2.10. The lowest BCUT2D eigenvalue weighted by atomic mass is 10.0. The van der Waals surface area contributed by atoms with Gasteiger partial charge in [0.2, 0.25) is 0 Å². The predicted molar refractivity (Wildman–Crippen MR) is 73.6 cm³/mol. The predicted octanol–water partition coefficient (Wildman–Crippen LogP) is 3.62. The molecule has 17 heavy (non-hydrogen) atoms. The smallest absolute Gasteiger partial charge is 0.123 e. The van der Waals surface area contributed by atoms with Gasteiger partial charge in [0.25, 0.3) is 0 Å². The molecule has 0 saturated heterocycles. The van der Waals surface area contributed by atoms with Crippen molar-refractivity contribution in [3.63, 3.8) is 0 Å². The van der Waals surface area contributed by atoms with Gasteiger partial charge in [-0.05, 0) is 33.8 Å². The number of methoxy groups -OCH3 is 1. The van der Waals surface area contributed by atoms with E-state index in [9.17, 15) is 0 Å². The molecule has 0 radical (unpaired) electrons. The van der Waals surface area contributed by atoms with Crippen LogP contribution in [0.15, 0.2) is 29.8 Å². The molecule has 1 N–H and O–H groups in total. The minimum atomic E-state index is 0.292. The number of rotatable bonds is 5. The molecule has 1 unspecified atom stereocenters. The van der Waals surface area contributed by atoms with Gasteiger partial charge in [-0.1, -0.05) is 29.3 Å². The van der Waals surface area contributed by atoms with Crippen molar-refractivity contribution < 1.29 is 4.74 Å². The first-order chi connectivity index (χ1) is 8.04. The molecule has 0 aliphatic rings. The summed E-state index contributed by atoms with van der Waals surface area (Å²) in [6.45, 7) is 9.38. The van der Waals surface area contributed by atoms with Crippen LogP contribution in [0.25, 0.3) is 0 Å². The summed E-state index contributed by atoms with van der Waals surface area (Å²) >= 11 is 0. The van der Waals surface area contributed by atoms with Crippen LogP contribution in [0, 0.1) is 6.92 Å². The SMILES string of the molecule is COc1ccc(C)cc1C(C)NCC=C(C)C. The first-order valence-corrected chi connectivity index (χ1v) is 6.06. The molecule has 94 valence electrons. The minimum absolute atomic E-state index is 0.292. The maximum Gasteiger partial charge on any atom is 0.123 e. The Bertz CT molecular complexity index is 392. The van der Waals surface area contributed by atoms with Gasteiger partial charge in [0.15, 0.2) is 0 Å². The third-order valence-electron chi connectivity index (χ3n) is 2.79. The Morgan fingerprint density at radius 2 is 2.12 bits per heavy atom. The molecule has 2 heteroatoms. The number of benzene rings is 1. The molecule has 2 nitrogen and oxygen atoms in total. The fourth-order valence-electron chi connectivity index (χ4n) is 1.74. The van der Waals surface area contributed by atoms with Gasteiger partial charge in [0.05, 0.1) is 7.11 Å². The zero-order valence-electron chi connectivity index (χ0n) is 11.5. The van der Waals surface area contributed by atoms with Crippen LogP contribution in [0.4, 0.5) is 0 Å². The van der Waals surface area contributed by atoms with E-state index in [-0.39, 0.29) is 0 Å². The second kappa shape index (κ2) is 6.45. The lowest BCUT2D eigenvalue weighted by Gasteiger charge is -2.17. The number of ether oxygens (including phenoxy) is 1. The molecule has 0 bridgehead atoms. The molecule has 0 aliphatic carbocycles. The molecular weight excluding hydrogens is 210 g/mol. The van der Waals surface area contributed by atoms with Crippen molar-refractivity contribution in [3.05, 3.63) is 41.0 Å². The van der Waals surface area contributed by atoms with Crippen LogP contribution in [0.2, 0.25) is 0 Å². The van der Waals surface area contributed by atoms with E-state index in [1.165, 1.54) is 16.7 Å². The third-order valence-corrected chi connectivity index (χ3v) is 2.79. The van der Waals surface area contributed by atoms with Crippen molar-refractivity contribution in [3.8, 4) is 5.75 Å². The first kappa shape index (κ1) is 13.8. The number of hydrogen-bond donors (Lipinski definition) is 1. The van der Waals surface area contributed by atoms with Gasteiger partial charge in [-0.25, -0.2) is 0 Å². The van der Waals surface area contributed by atoms with Crippen molar-refractivity contribution in [1.82, 2.24) is 5.32 Å². The van der Waals surface area contributed by atoms with E-state index < -0.39 is 0 Å². The van der Waals surface area contributed by atoms with Crippen molar-refractivity contribution in [2.45, 2.75) is 33.7 Å². The maximum absolute atomic E-state index is 5.39. The highest BCUT2D eigenvalue weighted by Crippen LogP contribution is 2.25. The van der Waals surface area contributed by atoms with E-state index in [1.54, 1.807) is 7.11 Å². The zero-order valence-corrected chi connectivity index (χ0v) is 11.5. The van der Waals surface area contributed by atoms with Gasteiger partial charge in [0, 0.05) is 18.2 Å². The topological polar surface area (TPSA) is 21.3 Å². The third kappa shape index (κ3) is 4.23. The van der Waals surface area contributed by atoms with Crippen LogP contribution in [0.1, 0.15) is 37.9 Å². The quantitative estimate of drug-likeness (QED) is 0.784. The number of aryl methyl sites for hydroxylation is 1. The van der Waals surface area contributed by atoms with Crippen molar-refractivity contribution in [2.75, 3.05) is 13.7 Å². The van der Waals surface area contributed by atoms with Crippen LogP contribution in [0.3, 0.4) is 0 Å². The summed E-state index contributed by atoms with van der Waals surface area (Å²) in [7, 11) is 1.72. The average Bonchev–Trinajstić information content (AvgIpc) is 2.28. The van der Waals surface area contributed by atoms with E-state index >= 15 is 0 Å². The molecule has 0 fully saturated rings. The van der Waals surface area contributed by atoms with Gasteiger partial charge in [-0.2, -0.15) is 0 Å². The zero-order chi connectivity index (χ0) is 12.8. The van der Waals surface area contributed by atoms with Crippen LogP contribution in [-0.4, -0.2) is 13.7 Å². The van der Waals surface area contributed by atoms with Crippen LogP contribution in [-0.2, 0) is 0 Å². The summed E-state index contributed by atoms with van der Waals surface area (Å²) in [6, 6.07) is 6.58. The van der Waals surface area contributed by atoms with Crippen molar-refractivity contribution in [2.24, 2.45) is 0 Å². The van der Waals surface area contributed by atoms with E-state index in [0.29, 0.717) is 6.04 Å². The maximum atomic E-state index is 5.39. The standard InChI is InChI=1S/C15H23NO/c1-11(2)8-9-16-13(4)14-10-12(3)6-7-15(14)17-5/h6-8,10,13,16H,9H2,1-5H3. The molecule has 1 atom stereocenters. The summed E-state index contributed by atoms with van der Waals surface area (Å²) in [4.78, 5) is 0. The molecule has 0 aromatic heterocycles. The summed E-state index contributed by atoms with van der Waals surface area (Å²) in [5.41, 5.74) is 3.81. The Hall–Kier alpha value is -1.28. The average molecular weight is 233 g/mol. The lowest BCUT2D eigenvalue weighted by molar-refractivity contribution is 0.403. The lowest BCUT2D eigenvalue weighted by Crippen LogP contribution is -2.19. The Balaban J connectivity index is 2.76. The highest BCUT2D eigenvalue weighted by atomic mass is 16.5. The largest absolute Gasteiger partial charge is 0.496 e. The Morgan fingerprint density at radius 3 is 2.71 bits per heavy atom. The van der Waals surface area contributed by atoms with Crippen LogP contribution >= 0.6 is 0 Å². The van der Waals surface area contributed by atoms with Crippen molar-refractivity contribution >= 4 is 0 Å². The van der Waals surface area contributed by atoms with Gasteiger partial charge in [-0.15, -0.1) is 0 Å². The summed E-state index contributed by atoms with van der Waals surface area (Å²) in [5, 5.41) is 3.48. The monoisotopic (exact) mass is 233 g/mol. The fourth-order valence-corrected chi connectivity index (χ4v) is 1.74. The second-order valence-corrected chi connectivity index (χ2v) is 4.66. The van der Waals surface area contributed by atoms with Gasteiger partial charge < -0.3 is 10.1 Å². The van der Waals surface area contributed by atoms with E-state index in [2.05, 4.69) is 51.2 Å². The number of hydrogen-bond acceptors (Lipinski definition) is 2. The van der Waals surface area contributed by atoms with E-state index in [0.717, 1.165) is 12.3 Å². The van der Waals surface area contributed by atoms with Gasteiger partial charge >= 0.3 is 0 Å². The molecule has 1 rings (SSSR count). The summed E-state index contributed by atoms with van der Waals surface area (Å²) in [5.74, 6) is 0.952. The van der Waals surface area contributed by atoms with Crippen LogP contribution < -0.4 is 10.1 Å². The molecule has 1 aromatic carbocycles. The highest BCUT2D eigenvalue weighted by molar-refractivity contribution is 5.38.